The molecule has 3 aromatic carbocycles. The number of piperazine rings is 1. The highest BCUT2D eigenvalue weighted by atomic mass is 16.3. The van der Waals surface area contributed by atoms with Crippen LogP contribution in [0, 0.1) is 12.8 Å². The number of allylic oxidation sites excluding steroid dienone is 1. The molecule has 3 saturated heterocycles. The maximum atomic E-state index is 13.2. The van der Waals surface area contributed by atoms with E-state index in [4.69, 9.17) is 0 Å². The Hall–Kier alpha value is -5.48. The number of hydrogen-bond acceptors (Lipinski definition) is 8. The molecular formula is C46H50N6O4. The van der Waals surface area contributed by atoms with Crippen LogP contribution < -0.4 is 15.1 Å². The number of aromatic nitrogens is 1. The van der Waals surface area contributed by atoms with Crippen LogP contribution in [-0.2, 0) is 22.6 Å². The van der Waals surface area contributed by atoms with Crippen molar-refractivity contribution in [3.05, 3.63) is 118 Å². The van der Waals surface area contributed by atoms with Gasteiger partial charge in [-0.1, -0.05) is 24.3 Å². The van der Waals surface area contributed by atoms with Gasteiger partial charge in [-0.3, -0.25) is 29.6 Å². The van der Waals surface area contributed by atoms with Gasteiger partial charge in [-0.05, 0) is 139 Å². The molecule has 1 aromatic heterocycles. The molecule has 288 valence electrons. The van der Waals surface area contributed by atoms with Gasteiger partial charge in [0.1, 0.15) is 11.8 Å². The number of aryl methyl sites for hydroxylation is 2. The van der Waals surface area contributed by atoms with Crippen molar-refractivity contribution in [1.82, 2.24) is 20.1 Å². The maximum absolute atomic E-state index is 13.2. The Morgan fingerprint density at radius 3 is 2.21 bits per heavy atom. The Morgan fingerprint density at radius 1 is 0.732 bits per heavy atom. The molecule has 3 amide bonds. The number of phenols is 1. The number of carbonyl (C=O) groups is 3. The Kier molecular flexibility index (Phi) is 9.83. The van der Waals surface area contributed by atoms with Crippen LogP contribution >= 0.6 is 0 Å². The first-order chi connectivity index (χ1) is 27.3. The fourth-order valence-electron chi connectivity index (χ4n) is 9.56. The molecule has 0 bridgehead atoms. The summed E-state index contributed by atoms with van der Waals surface area (Å²) in [6.07, 6.45) is 7.92. The van der Waals surface area contributed by atoms with E-state index in [0.29, 0.717) is 30.2 Å². The van der Waals surface area contributed by atoms with E-state index in [2.05, 4.69) is 73.5 Å². The molecule has 4 aliphatic heterocycles. The minimum Gasteiger partial charge on any atom is -0.508 e. The average Bonchev–Trinajstić information content (AvgIpc) is 3.41. The van der Waals surface area contributed by atoms with Crippen molar-refractivity contribution in [2.24, 2.45) is 5.92 Å². The minimum absolute atomic E-state index is 0.124. The monoisotopic (exact) mass is 750 g/mol. The van der Waals surface area contributed by atoms with E-state index in [-0.39, 0.29) is 24.1 Å². The number of anilines is 2. The van der Waals surface area contributed by atoms with Gasteiger partial charge in [0, 0.05) is 87.6 Å². The van der Waals surface area contributed by atoms with Crippen molar-refractivity contribution < 1.29 is 19.5 Å². The van der Waals surface area contributed by atoms with E-state index < -0.39 is 6.04 Å². The number of benzene rings is 3. The van der Waals surface area contributed by atoms with E-state index in [1.807, 2.05) is 37.4 Å². The summed E-state index contributed by atoms with van der Waals surface area (Å²) in [4.78, 5) is 51.1. The van der Waals surface area contributed by atoms with E-state index in [9.17, 15) is 19.5 Å². The van der Waals surface area contributed by atoms with Crippen LogP contribution in [0.2, 0.25) is 0 Å². The largest absolute Gasteiger partial charge is 0.508 e. The van der Waals surface area contributed by atoms with Crippen molar-refractivity contribution >= 4 is 40.2 Å². The average molecular weight is 751 g/mol. The molecule has 10 nitrogen and oxygen atoms in total. The van der Waals surface area contributed by atoms with Gasteiger partial charge in [0.15, 0.2) is 0 Å². The number of rotatable bonds is 7. The molecule has 5 aliphatic rings. The zero-order valence-electron chi connectivity index (χ0n) is 32.2. The third-order valence-corrected chi connectivity index (χ3v) is 12.7. The molecule has 9 rings (SSSR count). The van der Waals surface area contributed by atoms with Gasteiger partial charge in [-0.15, -0.1) is 0 Å². The molecule has 3 fully saturated rings. The topological polar surface area (TPSA) is 109 Å². The molecule has 0 radical (unpaired) electrons. The molecule has 56 heavy (non-hydrogen) atoms. The lowest BCUT2D eigenvalue weighted by Crippen LogP contribution is -2.52. The SMILES string of the molecule is Cc1ccc(C2=C(c3ccc(N4CCC(CN5CCN(c6ccc7c(c6)CN([C@@H]6CCC(=O)NC6=O)C7=O)CC5)CC4)cc3)c3ccc(O)cc3CCC2)cn1. The van der Waals surface area contributed by atoms with Gasteiger partial charge >= 0.3 is 0 Å². The van der Waals surface area contributed by atoms with Gasteiger partial charge in [0.05, 0.1) is 0 Å². The normalized spacial score (nSPS) is 20.9. The van der Waals surface area contributed by atoms with Gasteiger partial charge in [0.2, 0.25) is 11.8 Å². The molecule has 1 aliphatic carbocycles. The second-order valence-corrected chi connectivity index (χ2v) is 16.2. The highest BCUT2D eigenvalue weighted by molar-refractivity contribution is 6.05. The zero-order valence-corrected chi connectivity index (χ0v) is 32.2. The number of nitrogens with zero attached hydrogens (tertiary/aromatic N) is 5. The fourth-order valence-corrected chi connectivity index (χ4v) is 9.56. The zero-order chi connectivity index (χ0) is 38.3. The van der Waals surface area contributed by atoms with E-state index in [1.165, 1.54) is 51.9 Å². The third kappa shape index (κ3) is 7.18. The van der Waals surface area contributed by atoms with Crippen LogP contribution in [0.1, 0.15) is 82.4 Å². The number of phenolic OH excluding ortho intramolecular Hbond substituents is 1. The van der Waals surface area contributed by atoms with Gasteiger partial charge in [-0.2, -0.15) is 0 Å². The molecule has 0 saturated carbocycles. The number of nitrogens with one attached hydrogen (secondary N) is 1. The highest BCUT2D eigenvalue weighted by Gasteiger charge is 2.39. The minimum atomic E-state index is -0.589. The van der Waals surface area contributed by atoms with Crippen molar-refractivity contribution in [3.63, 3.8) is 0 Å². The summed E-state index contributed by atoms with van der Waals surface area (Å²) in [7, 11) is 0. The first kappa shape index (κ1) is 36.2. The Morgan fingerprint density at radius 2 is 1.46 bits per heavy atom. The highest BCUT2D eigenvalue weighted by Crippen LogP contribution is 2.41. The number of fused-ring (bicyclic) bond motifs is 2. The molecule has 0 spiro atoms. The fraction of sp³-hybridized carbons (Fsp3) is 0.391. The predicted molar refractivity (Wildman–Crippen MR) is 218 cm³/mol. The van der Waals surface area contributed by atoms with Crippen molar-refractivity contribution in [3.8, 4) is 5.75 Å². The maximum Gasteiger partial charge on any atom is 0.255 e. The number of carbonyl (C=O) groups excluding carboxylic acids is 3. The summed E-state index contributed by atoms with van der Waals surface area (Å²) >= 11 is 0. The molecule has 10 heteroatoms. The van der Waals surface area contributed by atoms with Crippen LogP contribution in [0.25, 0.3) is 11.1 Å². The van der Waals surface area contributed by atoms with Crippen LogP contribution in [0.5, 0.6) is 5.75 Å². The number of aromatic hydroxyl groups is 1. The van der Waals surface area contributed by atoms with Gasteiger partial charge in [-0.25, -0.2) is 0 Å². The van der Waals surface area contributed by atoms with Gasteiger partial charge < -0.3 is 19.8 Å². The molecular weight excluding hydrogens is 701 g/mol. The lowest BCUT2D eigenvalue weighted by molar-refractivity contribution is -0.136. The van der Waals surface area contributed by atoms with E-state index in [0.717, 1.165) is 82.0 Å². The van der Waals surface area contributed by atoms with Crippen molar-refractivity contribution in [1.29, 1.82) is 0 Å². The summed E-state index contributed by atoms with van der Waals surface area (Å²) in [6, 6.07) is 24.8. The van der Waals surface area contributed by atoms with Crippen LogP contribution in [0.4, 0.5) is 11.4 Å². The Labute approximate surface area is 328 Å². The Balaban J connectivity index is 0.802. The van der Waals surface area contributed by atoms with Crippen LogP contribution in [0.3, 0.4) is 0 Å². The molecule has 2 N–H and O–H groups in total. The smallest absolute Gasteiger partial charge is 0.255 e. The third-order valence-electron chi connectivity index (χ3n) is 12.7. The Bertz CT molecular complexity index is 2180. The van der Waals surface area contributed by atoms with Crippen LogP contribution in [-0.4, -0.2) is 89.5 Å². The summed E-state index contributed by atoms with van der Waals surface area (Å²) in [5, 5.41) is 12.7. The van der Waals surface area contributed by atoms with E-state index in [1.54, 1.807) is 4.90 Å². The first-order valence-corrected chi connectivity index (χ1v) is 20.4. The predicted octanol–water partition coefficient (Wildman–Crippen LogP) is 6.19. The lowest BCUT2D eigenvalue weighted by atomic mass is 9.88. The van der Waals surface area contributed by atoms with Gasteiger partial charge in [0.25, 0.3) is 5.91 Å². The molecule has 5 heterocycles. The quantitative estimate of drug-likeness (QED) is 0.216. The molecule has 1 atom stereocenters. The summed E-state index contributed by atoms with van der Waals surface area (Å²) < 4.78 is 0. The number of imide groups is 1. The number of hydrogen-bond donors (Lipinski definition) is 2. The second-order valence-electron chi connectivity index (χ2n) is 16.2. The second kappa shape index (κ2) is 15.2. The summed E-state index contributed by atoms with van der Waals surface area (Å²) in [5.41, 5.74) is 12.4. The molecule has 4 aromatic rings. The van der Waals surface area contributed by atoms with Crippen molar-refractivity contribution in [2.75, 3.05) is 55.6 Å². The summed E-state index contributed by atoms with van der Waals surface area (Å²) in [5.74, 6) is 0.232. The standard InChI is InChI=1S/C46H50N6O4/c1-30-5-6-34(27-47-30)39-4-2-3-33-26-38(53)12-14-40(33)44(39)32-7-9-36(10-8-32)50-19-17-31(18-20-50)28-49-21-23-51(24-22-49)37-11-13-41-35(25-37)29-52(46(41)56)42-15-16-43(54)48-45(42)55/h5-14,25-27,31,42,53H,2-4,15-24,28-29H2,1H3,(H,48,54,55)/t42-/m1/s1. The van der Waals surface area contributed by atoms with Crippen molar-refractivity contribution in [2.45, 2.75) is 64.5 Å². The van der Waals surface area contributed by atoms with Crippen LogP contribution in [0.15, 0.2) is 79.0 Å². The van der Waals surface area contributed by atoms with E-state index >= 15 is 0 Å². The lowest BCUT2D eigenvalue weighted by Gasteiger charge is -2.40. The first-order valence-electron chi connectivity index (χ1n) is 20.4. The summed E-state index contributed by atoms with van der Waals surface area (Å²) in [6.45, 7) is 9.58. The number of pyridine rings is 1. The number of amides is 3. The number of piperidine rings is 2. The molecule has 0 unspecified atom stereocenters.